The lowest BCUT2D eigenvalue weighted by Crippen LogP contribution is -2.25. The fraction of sp³-hybridized carbons (Fsp3) is 0.412. The molecule has 1 aromatic carbocycles. The van der Waals surface area contributed by atoms with Gasteiger partial charge in [-0.15, -0.1) is 0 Å². The van der Waals surface area contributed by atoms with Crippen LogP contribution in [-0.4, -0.2) is 41.6 Å². The zero-order valence-electron chi connectivity index (χ0n) is 13.9. The third-order valence-corrected chi connectivity index (χ3v) is 4.07. The van der Waals surface area contributed by atoms with Crippen LogP contribution in [0.15, 0.2) is 18.2 Å². The predicted octanol–water partition coefficient (Wildman–Crippen LogP) is 1.68. The van der Waals surface area contributed by atoms with Crippen molar-refractivity contribution < 1.29 is 4.79 Å². The van der Waals surface area contributed by atoms with Crippen molar-refractivity contribution in [3.63, 3.8) is 0 Å². The average molecular weight is 313 g/mol. The molecule has 0 saturated carbocycles. The minimum Gasteiger partial charge on any atom is -0.320 e. The Balaban J connectivity index is 1.81. The van der Waals surface area contributed by atoms with Crippen molar-refractivity contribution in [1.29, 1.82) is 0 Å². The van der Waals surface area contributed by atoms with Gasteiger partial charge in [0.05, 0.1) is 0 Å². The first kappa shape index (κ1) is 15.7. The number of H-pyrrole nitrogens is 1. The number of aromatic amines is 1. The lowest BCUT2D eigenvalue weighted by atomic mass is 10.1. The van der Waals surface area contributed by atoms with Crippen LogP contribution in [-0.2, 0) is 19.5 Å². The van der Waals surface area contributed by atoms with Crippen molar-refractivity contribution in [2.75, 3.05) is 26.0 Å². The van der Waals surface area contributed by atoms with Crippen LogP contribution in [0.2, 0.25) is 0 Å². The van der Waals surface area contributed by atoms with Gasteiger partial charge in [-0.25, -0.2) is 0 Å². The standard InChI is InChI=1S/C17H23N5O/c1-11-4-5-12(10-22(2)3)8-15(11)19-17(23)16-13-9-18-7-6-14(13)20-21-16/h4-5,8,18H,6-7,9-10H2,1-3H3,(H,19,23)(H,20,21). The minimum absolute atomic E-state index is 0.156. The Hall–Kier alpha value is -2.18. The molecule has 0 saturated heterocycles. The highest BCUT2D eigenvalue weighted by Gasteiger charge is 2.21. The second-order valence-electron chi connectivity index (χ2n) is 6.30. The van der Waals surface area contributed by atoms with Crippen molar-refractivity contribution in [2.45, 2.75) is 26.4 Å². The molecule has 6 heteroatoms. The number of hydrogen-bond acceptors (Lipinski definition) is 4. The molecule has 1 aliphatic rings. The van der Waals surface area contributed by atoms with Gasteiger partial charge in [0, 0.05) is 43.0 Å². The lowest BCUT2D eigenvalue weighted by Gasteiger charge is -2.15. The van der Waals surface area contributed by atoms with Crippen LogP contribution >= 0.6 is 0 Å². The summed E-state index contributed by atoms with van der Waals surface area (Å²) in [6.45, 7) is 4.44. The lowest BCUT2D eigenvalue weighted by molar-refractivity contribution is 0.102. The van der Waals surface area contributed by atoms with Crippen LogP contribution in [0.1, 0.15) is 32.9 Å². The maximum absolute atomic E-state index is 12.6. The van der Waals surface area contributed by atoms with Gasteiger partial charge in [-0.3, -0.25) is 9.89 Å². The van der Waals surface area contributed by atoms with E-state index in [0.717, 1.165) is 42.0 Å². The number of aromatic nitrogens is 2. The van der Waals surface area contributed by atoms with E-state index >= 15 is 0 Å². The fourth-order valence-electron chi connectivity index (χ4n) is 2.86. The number of fused-ring (bicyclic) bond motifs is 1. The van der Waals surface area contributed by atoms with Gasteiger partial charge in [-0.2, -0.15) is 5.10 Å². The molecule has 1 aromatic heterocycles. The van der Waals surface area contributed by atoms with E-state index in [1.165, 1.54) is 5.56 Å². The van der Waals surface area contributed by atoms with Crippen LogP contribution in [0.25, 0.3) is 0 Å². The molecule has 3 N–H and O–H groups in total. The normalized spacial score (nSPS) is 13.9. The number of hydrogen-bond donors (Lipinski definition) is 3. The van der Waals surface area contributed by atoms with Crippen LogP contribution in [0, 0.1) is 6.92 Å². The van der Waals surface area contributed by atoms with Gasteiger partial charge in [0.15, 0.2) is 5.69 Å². The van der Waals surface area contributed by atoms with E-state index in [-0.39, 0.29) is 5.91 Å². The molecule has 0 unspecified atom stereocenters. The van der Waals surface area contributed by atoms with Gasteiger partial charge >= 0.3 is 0 Å². The second-order valence-corrected chi connectivity index (χ2v) is 6.30. The van der Waals surface area contributed by atoms with E-state index < -0.39 is 0 Å². The minimum atomic E-state index is -0.156. The maximum atomic E-state index is 12.6. The highest BCUT2D eigenvalue weighted by molar-refractivity contribution is 6.04. The number of amides is 1. The fourth-order valence-corrected chi connectivity index (χ4v) is 2.86. The summed E-state index contributed by atoms with van der Waals surface area (Å²) in [6.07, 6.45) is 0.882. The van der Waals surface area contributed by atoms with Gasteiger partial charge in [0.25, 0.3) is 5.91 Å². The summed E-state index contributed by atoms with van der Waals surface area (Å²) in [5.41, 5.74) is 5.59. The molecule has 1 aliphatic heterocycles. The van der Waals surface area contributed by atoms with E-state index in [2.05, 4.69) is 31.8 Å². The van der Waals surface area contributed by atoms with E-state index in [1.807, 2.05) is 33.2 Å². The van der Waals surface area contributed by atoms with E-state index in [1.54, 1.807) is 0 Å². The number of rotatable bonds is 4. The van der Waals surface area contributed by atoms with Crippen molar-refractivity contribution in [3.05, 3.63) is 46.3 Å². The molecule has 2 heterocycles. The molecule has 6 nitrogen and oxygen atoms in total. The number of carbonyl (C=O) groups is 1. The molecule has 0 spiro atoms. The Morgan fingerprint density at radius 1 is 1.39 bits per heavy atom. The number of nitrogens with one attached hydrogen (secondary N) is 3. The van der Waals surface area contributed by atoms with Crippen molar-refractivity contribution in [3.8, 4) is 0 Å². The van der Waals surface area contributed by atoms with E-state index in [9.17, 15) is 4.79 Å². The highest BCUT2D eigenvalue weighted by atomic mass is 16.1. The Morgan fingerprint density at radius 2 is 2.22 bits per heavy atom. The summed E-state index contributed by atoms with van der Waals surface area (Å²) in [4.78, 5) is 14.7. The number of anilines is 1. The highest BCUT2D eigenvalue weighted by Crippen LogP contribution is 2.21. The Labute approximate surface area is 136 Å². The molecule has 0 atom stereocenters. The Bertz CT molecular complexity index is 720. The third kappa shape index (κ3) is 3.43. The number of nitrogens with zero attached hydrogens (tertiary/aromatic N) is 2. The van der Waals surface area contributed by atoms with Crippen LogP contribution < -0.4 is 10.6 Å². The zero-order valence-corrected chi connectivity index (χ0v) is 13.9. The van der Waals surface area contributed by atoms with E-state index in [4.69, 9.17) is 0 Å². The first-order chi connectivity index (χ1) is 11.0. The van der Waals surface area contributed by atoms with Gasteiger partial charge < -0.3 is 15.5 Å². The molecule has 3 rings (SSSR count). The smallest absolute Gasteiger partial charge is 0.276 e. The molecule has 122 valence electrons. The quantitative estimate of drug-likeness (QED) is 0.803. The zero-order chi connectivity index (χ0) is 16.4. The van der Waals surface area contributed by atoms with Crippen molar-refractivity contribution in [1.82, 2.24) is 20.4 Å². The molecule has 2 aromatic rings. The van der Waals surface area contributed by atoms with Gasteiger partial charge in [-0.1, -0.05) is 12.1 Å². The Morgan fingerprint density at radius 3 is 3.00 bits per heavy atom. The monoisotopic (exact) mass is 313 g/mol. The molecule has 0 fully saturated rings. The molecule has 23 heavy (non-hydrogen) atoms. The summed E-state index contributed by atoms with van der Waals surface area (Å²) in [7, 11) is 4.06. The number of carbonyl (C=O) groups excluding carboxylic acids is 1. The van der Waals surface area contributed by atoms with Crippen LogP contribution in [0.5, 0.6) is 0 Å². The number of aryl methyl sites for hydroxylation is 1. The van der Waals surface area contributed by atoms with Crippen molar-refractivity contribution >= 4 is 11.6 Å². The summed E-state index contributed by atoms with van der Waals surface area (Å²) in [6, 6.07) is 6.16. The number of benzene rings is 1. The van der Waals surface area contributed by atoms with Gasteiger partial charge in [0.2, 0.25) is 0 Å². The molecule has 0 radical (unpaired) electrons. The first-order valence-corrected chi connectivity index (χ1v) is 7.87. The summed E-state index contributed by atoms with van der Waals surface area (Å²) in [5.74, 6) is -0.156. The molecule has 0 bridgehead atoms. The van der Waals surface area contributed by atoms with Gasteiger partial charge in [-0.05, 0) is 38.2 Å². The predicted molar refractivity (Wildman–Crippen MR) is 90.5 cm³/mol. The third-order valence-electron chi connectivity index (χ3n) is 4.07. The SMILES string of the molecule is Cc1ccc(CN(C)C)cc1NC(=O)c1n[nH]c2c1CNCC2. The second kappa shape index (κ2) is 6.52. The molecular formula is C17H23N5O. The summed E-state index contributed by atoms with van der Waals surface area (Å²) >= 11 is 0. The maximum Gasteiger partial charge on any atom is 0.276 e. The molecule has 0 aliphatic carbocycles. The topological polar surface area (TPSA) is 73.0 Å². The van der Waals surface area contributed by atoms with Crippen LogP contribution in [0.4, 0.5) is 5.69 Å². The molecule has 1 amide bonds. The van der Waals surface area contributed by atoms with Crippen molar-refractivity contribution in [2.24, 2.45) is 0 Å². The molecular weight excluding hydrogens is 290 g/mol. The van der Waals surface area contributed by atoms with E-state index in [0.29, 0.717) is 12.2 Å². The van der Waals surface area contributed by atoms with Crippen LogP contribution in [0.3, 0.4) is 0 Å². The average Bonchev–Trinajstić information content (AvgIpc) is 2.94. The summed E-state index contributed by atoms with van der Waals surface area (Å²) < 4.78 is 0. The first-order valence-electron chi connectivity index (χ1n) is 7.87. The van der Waals surface area contributed by atoms with Gasteiger partial charge in [0.1, 0.15) is 0 Å². The Kier molecular flexibility index (Phi) is 4.45. The summed E-state index contributed by atoms with van der Waals surface area (Å²) in [5, 5.41) is 13.5. The largest absolute Gasteiger partial charge is 0.320 e.